The number of benzene rings is 1. The summed E-state index contributed by atoms with van der Waals surface area (Å²) in [6.45, 7) is 6.19. The Morgan fingerprint density at radius 3 is 2.80 bits per heavy atom. The molecule has 1 aromatic carbocycles. The Labute approximate surface area is 150 Å². The Morgan fingerprint density at radius 1 is 1.32 bits per heavy atom. The second-order valence-corrected chi connectivity index (χ2v) is 6.47. The molecule has 0 radical (unpaired) electrons. The van der Waals surface area contributed by atoms with Crippen LogP contribution in [0.25, 0.3) is 5.69 Å². The lowest BCUT2D eigenvalue weighted by atomic mass is 10.2. The van der Waals surface area contributed by atoms with Gasteiger partial charge in [0.2, 0.25) is 17.0 Å². The molecule has 0 aliphatic heterocycles. The SMILES string of the molecule is CCCNC(=O)[C@@H](C)NC(=O)CSc1nnnn1-c1ccccc1C. The van der Waals surface area contributed by atoms with Gasteiger partial charge in [0.1, 0.15) is 6.04 Å². The number of rotatable bonds is 8. The summed E-state index contributed by atoms with van der Waals surface area (Å²) in [4.78, 5) is 23.8. The summed E-state index contributed by atoms with van der Waals surface area (Å²) in [5.74, 6) is -0.314. The van der Waals surface area contributed by atoms with Crippen LogP contribution in [-0.2, 0) is 9.59 Å². The molecule has 0 saturated carbocycles. The molecule has 1 heterocycles. The van der Waals surface area contributed by atoms with Gasteiger partial charge < -0.3 is 10.6 Å². The van der Waals surface area contributed by atoms with E-state index in [1.807, 2.05) is 38.1 Å². The first-order valence-corrected chi connectivity index (χ1v) is 9.05. The van der Waals surface area contributed by atoms with Crippen molar-refractivity contribution in [3.8, 4) is 5.69 Å². The minimum absolute atomic E-state index is 0.123. The van der Waals surface area contributed by atoms with Crippen molar-refractivity contribution in [1.29, 1.82) is 0 Å². The lowest BCUT2D eigenvalue weighted by molar-refractivity contribution is -0.127. The van der Waals surface area contributed by atoms with Crippen LogP contribution >= 0.6 is 11.8 Å². The highest BCUT2D eigenvalue weighted by atomic mass is 32.2. The van der Waals surface area contributed by atoms with Crippen LogP contribution in [0.1, 0.15) is 25.8 Å². The number of tetrazole rings is 1. The molecule has 0 fully saturated rings. The minimum Gasteiger partial charge on any atom is -0.354 e. The van der Waals surface area contributed by atoms with Gasteiger partial charge in [0.05, 0.1) is 11.4 Å². The third-order valence-electron chi connectivity index (χ3n) is 3.44. The van der Waals surface area contributed by atoms with Crippen LogP contribution in [0.4, 0.5) is 0 Å². The Hall–Kier alpha value is -2.42. The van der Waals surface area contributed by atoms with Crippen molar-refractivity contribution in [2.75, 3.05) is 12.3 Å². The average Bonchev–Trinajstić information content (AvgIpc) is 3.06. The number of aromatic nitrogens is 4. The van der Waals surface area contributed by atoms with Crippen molar-refractivity contribution in [3.05, 3.63) is 29.8 Å². The summed E-state index contributed by atoms with van der Waals surface area (Å²) in [7, 11) is 0. The van der Waals surface area contributed by atoms with Crippen LogP contribution in [0.3, 0.4) is 0 Å². The smallest absolute Gasteiger partial charge is 0.242 e. The van der Waals surface area contributed by atoms with Crippen LogP contribution in [0.5, 0.6) is 0 Å². The summed E-state index contributed by atoms with van der Waals surface area (Å²) < 4.78 is 1.60. The number of para-hydroxylation sites is 1. The molecule has 2 N–H and O–H groups in total. The molecule has 0 bridgehead atoms. The molecule has 0 aliphatic rings. The second kappa shape index (κ2) is 9.16. The molecule has 0 saturated heterocycles. The third kappa shape index (κ3) is 5.28. The van der Waals surface area contributed by atoms with E-state index in [0.717, 1.165) is 17.7 Å². The van der Waals surface area contributed by atoms with Gasteiger partial charge in [-0.2, -0.15) is 4.68 Å². The fourth-order valence-electron chi connectivity index (χ4n) is 2.10. The molecule has 9 heteroatoms. The predicted molar refractivity (Wildman–Crippen MR) is 95.5 cm³/mol. The Morgan fingerprint density at radius 2 is 2.08 bits per heavy atom. The first kappa shape index (κ1) is 18.9. The molecule has 2 aromatic rings. The molecule has 25 heavy (non-hydrogen) atoms. The maximum atomic E-state index is 12.1. The molecule has 2 amide bonds. The van der Waals surface area contributed by atoms with Gasteiger partial charge in [-0.1, -0.05) is 36.9 Å². The zero-order chi connectivity index (χ0) is 18.2. The highest BCUT2D eigenvalue weighted by molar-refractivity contribution is 7.99. The van der Waals surface area contributed by atoms with Gasteiger partial charge in [0, 0.05) is 6.54 Å². The Kier molecular flexibility index (Phi) is 6.93. The molecular weight excluding hydrogens is 340 g/mol. The largest absolute Gasteiger partial charge is 0.354 e. The van der Waals surface area contributed by atoms with Gasteiger partial charge in [0.15, 0.2) is 0 Å². The summed E-state index contributed by atoms with van der Waals surface area (Å²) in [5.41, 5.74) is 1.89. The number of carbonyl (C=O) groups excluding carboxylic acids is 2. The van der Waals surface area contributed by atoms with Crippen LogP contribution in [-0.4, -0.2) is 50.4 Å². The van der Waals surface area contributed by atoms with Gasteiger partial charge in [-0.15, -0.1) is 5.10 Å². The molecule has 0 spiro atoms. The molecule has 0 unspecified atom stereocenters. The van der Waals surface area contributed by atoms with Crippen molar-refractivity contribution >= 4 is 23.6 Å². The zero-order valence-electron chi connectivity index (χ0n) is 14.5. The van der Waals surface area contributed by atoms with Gasteiger partial charge in [0.25, 0.3) is 0 Å². The first-order chi connectivity index (χ1) is 12.0. The lowest BCUT2D eigenvalue weighted by Crippen LogP contribution is -2.45. The van der Waals surface area contributed by atoms with E-state index in [0.29, 0.717) is 11.7 Å². The van der Waals surface area contributed by atoms with Crippen LogP contribution in [0.2, 0.25) is 0 Å². The molecule has 1 aromatic heterocycles. The minimum atomic E-state index is -0.577. The predicted octanol–water partition coefficient (Wildman–Crippen LogP) is 1.09. The van der Waals surface area contributed by atoms with Crippen molar-refractivity contribution in [2.45, 2.75) is 38.4 Å². The number of thioether (sulfide) groups is 1. The summed E-state index contributed by atoms with van der Waals surface area (Å²) >= 11 is 1.22. The van der Waals surface area contributed by atoms with Crippen molar-refractivity contribution in [1.82, 2.24) is 30.8 Å². The molecule has 8 nitrogen and oxygen atoms in total. The van der Waals surface area contributed by atoms with Gasteiger partial charge >= 0.3 is 0 Å². The maximum Gasteiger partial charge on any atom is 0.242 e. The molecule has 0 aliphatic carbocycles. The lowest BCUT2D eigenvalue weighted by Gasteiger charge is -2.13. The highest BCUT2D eigenvalue weighted by Crippen LogP contribution is 2.20. The fourth-order valence-corrected chi connectivity index (χ4v) is 2.80. The number of nitrogens with zero attached hydrogens (tertiary/aromatic N) is 4. The highest BCUT2D eigenvalue weighted by Gasteiger charge is 2.17. The number of hydrogen-bond acceptors (Lipinski definition) is 6. The average molecular weight is 362 g/mol. The standard InChI is InChI=1S/C16H22N6O2S/c1-4-9-17-15(24)12(3)18-14(23)10-25-16-19-20-21-22(16)13-8-6-5-7-11(13)2/h5-8,12H,4,9-10H2,1-3H3,(H,17,24)(H,18,23)/t12-/m1/s1. The van der Waals surface area contributed by atoms with E-state index in [4.69, 9.17) is 0 Å². The Bertz CT molecular complexity index is 733. The van der Waals surface area contributed by atoms with Gasteiger partial charge in [-0.3, -0.25) is 9.59 Å². The van der Waals surface area contributed by atoms with E-state index in [1.165, 1.54) is 11.8 Å². The number of hydrogen-bond donors (Lipinski definition) is 2. The second-order valence-electron chi connectivity index (χ2n) is 5.53. The topological polar surface area (TPSA) is 102 Å². The van der Waals surface area contributed by atoms with Gasteiger partial charge in [-0.05, 0) is 42.3 Å². The zero-order valence-corrected chi connectivity index (χ0v) is 15.3. The number of carbonyl (C=O) groups is 2. The molecule has 1 atom stereocenters. The maximum absolute atomic E-state index is 12.1. The summed E-state index contributed by atoms with van der Waals surface area (Å²) in [6.07, 6.45) is 0.851. The fraction of sp³-hybridized carbons (Fsp3) is 0.438. The Balaban J connectivity index is 1.92. The van der Waals surface area contributed by atoms with E-state index < -0.39 is 6.04 Å². The monoisotopic (exact) mass is 362 g/mol. The molecule has 134 valence electrons. The number of nitrogens with one attached hydrogen (secondary N) is 2. The number of aryl methyl sites for hydroxylation is 1. The molecule has 2 rings (SSSR count). The van der Waals surface area contributed by atoms with E-state index >= 15 is 0 Å². The van der Waals surface area contributed by atoms with E-state index in [2.05, 4.69) is 26.2 Å². The van der Waals surface area contributed by atoms with E-state index in [1.54, 1.807) is 11.6 Å². The van der Waals surface area contributed by atoms with Crippen molar-refractivity contribution in [3.63, 3.8) is 0 Å². The quantitative estimate of drug-likeness (QED) is 0.682. The van der Waals surface area contributed by atoms with Gasteiger partial charge in [-0.25, -0.2) is 0 Å². The summed E-state index contributed by atoms with van der Waals surface area (Å²) in [5, 5.41) is 17.6. The van der Waals surface area contributed by atoms with Crippen molar-refractivity contribution < 1.29 is 9.59 Å². The molecular formula is C16H22N6O2S. The van der Waals surface area contributed by atoms with E-state index in [-0.39, 0.29) is 17.6 Å². The third-order valence-corrected chi connectivity index (χ3v) is 4.36. The summed E-state index contributed by atoms with van der Waals surface area (Å²) in [6, 6.07) is 7.15. The normalized spacial score (nSPS) is 11.8. The first-order valence-electron chi connectivity index (χ1n) is 8.07. The van der Waals surface area contributed by atoms with Crippen LogP contribution in [0, 0.1) is 6.92 Å². The van der Waals surface area contributed by atoms with E-state index in [9.17, 15) is 9.59 Å². The van der Waals surface area contributed by atoms with Crippen LogP contribution in [0.15, 0.2) is 29.4 Å². The van der Waals surface area contributed by atoms with Crippen LogP contribution < -0.4 is 10.6 Å². The number of amides is 2. The van der Waals surface area contributed by atoms with Crippen molar-refractivity contribution in [2.24, 2.45) is 0 Å².